The van der Waals surface area contributed by atoms with E-state index in [0.717, 1.165) is 22.1 Å². The van der Waals surface area contributed by atoms with Crippen LogP contribution in [-0.2, 0) is 11.3 Å². The number of furan rings is 1. The zero-order chi connectivity index (χ0) is 24.9. The summed E-state index contributed by atoms with van der Waals surface area (Å²) in [5, 5.41) is 4.85. The van der Waals surface area contributed by atoms with E-state index in [1.165, 1.54) is 6.07 Å². The Balaban J connectivity index is 1.49. The standard InChI is InChI=1S/C26H24N2O6S/c1-3-13-32-26(31)21-15(2)22(23(27)29)35-25(21)28-24(30)20-12-11-17(34-20)14-33-19-10-6-8-16-7-4-5-9-18(16)19/h4-12H,3,13-14H2,1-2H3,(H2,27,29)(H,28,30). The van der Waals surface area contributed by atoms with Gasteiger partial charge in [0, 0.05) is 5.39 Å². The highest BCUT2D eigenvalue weighted by Gasteiger charge is 2.26. The molecule has 180 valence electrons. The lowest BCUT2D eigenvalue weighted by molar-refractivity contribution is 0.0506. The molecule has 2 amide bonds. The topological polar surface area (TPSA) is 121 Å². The molecule has 2 heterocycles. The van der Waals surface area contributed by atoms with Gasteiger partial charge in [-0.05, 0) is 42.5 Å². The van der Waals surface area contributed by atoms with Gasteiger partial charge in [0.05, 0.1) is 17.0 Å². The molecule has 2 aromatic heterocycles. The maximum absolute atomic E-state index is 12.8. The molecule has 9 heteroatoms. The van der Waals surface area contributed by atoms with Crippen LogP contribution in [-0.4, -0.2) is 24.4 Å². The number of fused-ring (bicyclic) bond motifs is 1. The highest BCUT2D eigenvalue weighted by molar-refractivity contribution is 7.18. The minimum absolute atomic E-state index is 0.0288. The number of benzene rings is 2. The number of amides is 2. The van der Waals surface area contributed by atoms with Crippen molar-refractivity contribution in [3.05, 3.63) is 82.1 Å². The average Bonchev–Trinajstić information content (AvgIpc) is 3.46. The van der Waals surface area contributed by atoms with Gasteiger partial charge in [-0.2, -0.15) is 0 Å². The maximum Gasteiger partial charge on any atom is 0.341 e. The van der Waals surface area contributed by atoms with Crippen molar-refractivity contribution >= 4 is 44.9 Å². The normalized spacial score (nSPS) is 10.8. The van der Waals surface area contributed by atoms with E-state index in [2.05, 4.69) is 5.32 Å². The maximum atomic E-state index is 12.8. The van der Waals surface area contributed by atoms with Crippen LogP contribution in [0.5, 0.6) is 5.75 Å². The number of nitrogens with one attached hydrogen (secondary N) is 1. The number of nitrogens with two attached hydrogens (primary N) is 1. The fourth-order valence-corrected chi connectivity index (χ4v) is 4.60. The molecule has 0 atom stereocenters. The molecule has 0 fully saturated rings. The van der Waals surface area contributed by atoms with Gasteiger partial charge < -0.3 is 24.9 Å². The number of thiophene rings is 1. The third kappa shape index (κ3) is 5.20. The van der Waals surface area contributed by atoms with Gasteiger partial charge in [-0.25, -0.2) is 4.79 Å². The highest BCUT2D eigenvalue weighted by Crippen LogP contribution is 2.34. The number of anilines is 1. The zero-order valence-corrected chi connectivity index (χ0v) is 20.1. The Morgan fingerprint density at radius 1 is 1.06 bits per heavy atom. The van der Waals surface area contributed by atoms with E-state index in [-0.39, 0.29) is 34.4 Å². The van der Waals surface area contributed by atoms with Crippen molar-refractivity contribution in [3.8, 4) is 5.75 Å². The quantitative estimate of drug-likeness (QED) is 0.306. The molecule has 0 aliphatic rings. The van der Waals surface area contributed by atoms with Gasteiger partial charge in [0.25, 0.3) is 11.8 Å². The molecule has 3 N–H and O–H groups in total. The van der Waals surface area contributed by atoms with Gasteiger partial charge in [-0.1, -0.05) is 43.3 Å². The summed E-state index contributed by atoms with van der Waals surface area (Å²) in [7, 11) is 0. The van der Waals surface area contributed by atoms with Crippen LogP contribution in [0.15, 0.2) is 59.0 Å². The molecule has 8 nitrogen and oxygen atoms in total. The van der Waals surface area contributed by atoms with E-state index in [4.69, 9.17) is 19.6 Å². The number of carbonyl (C=O) groups excluding carboxylic acids is 3. The molecule has 0 aliphatic carbocycles. The lowest BCUT2D eigenvalue weighted by Crippen LogP contribution is -2.15. The molecule has 4 aromatic rings. The summed E-state index contributed by atoms with van der Waals surface area (Å²) in [6, 6.07) is 16.8. The molecule has 0 saturated carbocycles. The number of primary amides is 1. The first-order valence-electron chi connectivity index (χ1n) is 11.0. The summed E-state index contributed by atoms with van der Waals surface area (Å²) in [6.07, 6.45) is 0.634. The van der Waals surface area contributed by atoms with Crippen molar-refractivity contribution < 1.29 is 28.3 Å². The van der Waals surface area contributed by atoms with Gasteiger partial charge in [0.1, 0.15) is 23.1 Å². The summed E-state index contributed by atoms with van der Waals surface area (Å²) in [5.41, 5.74) is 5.90. The van der Waals surface area contributed by atoms with Crippen LogP contribution in [0.25, 0.3) is 10.8 Å². The number of esters is 1. The highest BCUT2D eigenvalue weighted by atomic mass is 32.1. The Bertz CT molecular complexity index is 1400. The van der Waals surface area contributed by atoms with Crippen LogP contribution >= 0.6 is 11.3 Å². The van der Waals surface area contributed by atoms with Gasteiger partial charge >= 0.3 is 5.97 Å². The lowest BCUT2D eigenvalue weighted by atomic mass is 10.1. The third-order valence-electron chi connectivity index (χ3n) is 5.24. The average molecular weight is 493 g/mol. The van der Waals surface area contributed by atoms with Crippen molar-refractivity contribution in [1.29, 1.82) is 0 Å². The van der Waals surface area contributed by atoms with Crippen molar-refractivity contribution in [2.75, 3.05) is 11.9 Å². The SMILES string of the molecule is CCCOC(=O)c1c(NC(=O)c2ccc(COc3cccc4ccccc34)o2)sc(C(N)=O)c1C. The molecule has 0 aliphatic heterocycles. The summed E-state index contributed by atoms with van der Waals surface area (Å²) >= 11 is 0.921. The van der Waals surface area contributed by atoms with Gasteiger partial charge in [0.2, 0.25) is 0 Å². The van der Waals surface area contributed by atoms with Gasteiger partial charge in [-0.3, -0.25) is 9.59 Å². The molecule has 0 spiro atoms. The fraction of sp³-hybridized carbons (Fsp3) is 0.192. The second kappa shape index (κ2) is 10.4. The second-order valence-corrected chi connectivity index (χ2v) is 8.77. The Hall–Kier alpha value is -4.11. The smallest absolute Gasteiger partial charge is 0.341 e. The number of hydrogen-bond donors (Lipinski definition) is 2. The summed E-state index contributed by atoms with van der Waals surface area (Å²) in [6.45, 7) is 3.79. The molecule has 0 unspecified atom stereocenters. The number of ether oxygens (including phenoxy) is 2. The monoisotopic (exact) mass is 492 g/mol. The first kappa shape index (κ1) is 24.0. The van der Waals surface area contributed by atoms with E-state index in [1.807, 2.05) is 49.4 Å². The lowest BCUT2D eigenvalue weighted by Gasteiger charge is -2.08. The van der Waals surface area contributed by atoms with Crippen molar-refractivity contribution in [2.24, 2.45) is 5.73 Å². The number of hydrogen-bond acceptors (Lipinski definition) is 7. The molecule has 4 rings (SSSR count). The molecular formula is C26H24N2O6S. The van der Waals surface area contributed by atoms with E-state index >= 15 is 0 Å². The third-order valence-corrected chi connectivity index (χ3v) is 6.47. The van der Waals surface area contributed by atoms with Crippen molar-refractivity contribution in [3.63, 3.8) is 0 Å². The summed E-state index contributed by atoms with van der Waals surface area (Å²) < 4.78 is 16.8. The fourth-order valence-electron chi connectivity index (χ4n) is 3.56. The van der Waals surface area contributed by atoms with Crippen molar-refractivity contribution in [2.45, 2.75) is 26.9 Å². The van der Waals surface area contributed by atoms with Crippen molar-refractivity contribution in [1.82, 2.24) is 0 Å². The first-order valence-corrected chi connectivity index (χ1v) is 11.8. The molecular weight excluding hydrogens is 468 g/mol. The minimum atomic E-state index is -0.691. The van der Waals surface area contributed by atoms with Crippen LogP contribution in [0.4, 0.5) is 5.00 Å². The second-order valence-electron chi connectivity index (χ2n) is 7.75. The molecule has 35 heavy (non-hydrogen) atoms. The van der Waals surface area contributed by atoms with E-state index in [1.54, 1.807) is 13.0 Å². The van der Waals surface area contributed by atoms with Crippen LogP contribution < -0.4 is 15.8 Å². The first-order chi connectivity index (χ1) is 16.9. The van der Waals surface area contributed by atoms with Crippen LogP contribution in [0.3, 0.4) is 0 Å². The van der Waals surface area contributed by atoms with E-state index in [9.17, 15) is 14.4 Å². The number of carbonyl (C=O) groups is 3. The Kier molecular flexibility index (Phi) is 7.17. The number of rotatable bonds is 9. The predicted molar refractivity (Wildman–Crippen MR) is 133 cm³/mol. The molecule has 0 radical (unpaired) electrons. The van der Waals surface area contributed by atoms with E-state index < -0.39 is 17.8 Å². The Morgan fingerprint density at radius 3 is 2.60 bits per heavy atom. The molecule has 0 bridgehead atoms. The summed E-state index contributed by atoms with van der Waals surface area (Å²) in [4.78, 5) is 37.4. The Morgan fingerprint density at radius 2 is 1.83 bits per heavy atom. The van der Waals surface area contributed by atoms with Gasteiger partial charge in [-0.15, -0.1) is 11.3 Å². The zero-order valence-electron chi connectivity index (χ0n) is 19.3. The van der Waals surface area contributed by atoms with Crippen LogP contribution in [0, 0.1) is 6.92 Å². The molecule has 0 saturated heterocycles. The van der Waals surface area contributed by atoms with Gasteiger partial charge in [0.15, 0.2) is 5.76 Å². The van der Waals surface area contributed by atoms with Crippen LogP contribution in [0.2, 0.25) is 0 Å². The predicted octanol–water partition coefficient (Wildman–Crippen LogP) is 5.30. The van der Waals surface area contributed by atoms with E-state index in [0.29, 0.717) is 23.5 Å². The molecule has 2 aromatic carbocycles. The Labute approximate surface area is 205 Å². The van der Waals surface area contributed by atoms with Crippen LogP contribution in [0.1, 0.15) is 55.3 Å². The minimum Gasteiger partial charge on any atom is -0.485 e. The summed E-state index contributed by atoms with van der Waals surface area (Å²) in [5.74, 6) is -0.723. The largest absolute Gasteiger partial charge is 0.485 e.